The van der Waals surface area contributed by atoms with Gasteiger partial charge in [-0.25, -0.2) is 14.4 Å². The van der Waals surface area contributed by atoms with Crippen molar-refractivity contribution in [1.82, 2.24) is 19.3 Å². The molecule has 0 bridgehead atoms. The van der Waals surface area contributed by atoms with Gasteiger partial charge in [-0.3, -0.25) is 9.20 Å². The number of primary amides is 1. The lowest BCUT2D eigenvalue weighted by Crippen LogP contribution is -2.37. The summed E-state index contributed by atoms with van der Waals surface area (Å²) < 4.78 is 20.8. The second kappa shape index (κ2) is 9.92. The molecule has 3 N–H and O–H groups in total. The third-order valence-electron chi connectivity index (χ3n) is 6.09. The number of benzene rings is 1. The molecule has 0 radical (unpaired) electrons. The van der Waals surface area contributed by atoms with E-state index in [-0.39, 0.29) is 5.82 Å². The molecule has 0 unspecified atom stereocenters. The number of hydrogen-bond donors (Lipinski definition) is 2. The van der Waals surface area contributed by atoms with E-state index in [1.807, 2.05) is 26.2 Å². The predicted molar refractivity (Wildman–Crippen MR) is 137 cm³/mol. The maximum absolute atomic E-state index is 13.6. The van der Waals surface area contributed by atoms with Crippen LogP contribution in [0.4, 0.5) is 21.6 Å². The van der Waals surface area contributed by atoms with Crippen LogP contribution >= 0.6 is 0 Å². The summed E-state index contributed by atoms with van der Waals surface area (Å²) in [7, 11) is 4.01. The van der Waals surface area contributed by atoms with E-state index >= 15 is 0 Å². The highest BCUT2D eigenvalue weighted by molar-refractivity contribution is 6.00. The second-order valence-corrected chi connectivity index (χ2v) is 8.97. The number of anilines is 3. The summed E-state index contributed by atoms with van der Waals surface area (Å²) in [6.07, 6.45) is 3.25. The first kappa shape index (κ1) is 23.7. The fraction of sp³-hybridized carbons (Fsp3) is 0.269. The van der Waals surface area contributed by atoms with Gasteiger partial charge < -0.3 is 25.6 Å². The molecule has 3 aromatic heterocycles. The first-order valence-corrected chi connectivity index (χ1v) is 11.7. The number of rotatable bonds is 7. The molecule has 1 saturated heterocycles. The number of nitrogens with zero attached hydrogens (tertiary/aromatic N) is 5. The van der Waals surface area contributed by atoms with Gasteiger partial charge in [0.15, 0.2) is 0 Å². The summed E-state index contributed by atoms with van der Waals surface area (Å²) in [5.41, 5.74) is 10.6. The smallest absolute Gasteiger partial charge is 0.250 e. The number of pyridine rings is 2. The Morgan fingerprint density at radius 2 is 1.97 bits per heavy atom. The number of ether oxygens (including phenoxy) is 1. The van der Waals surface area contributed by atoms with Crippen LogP contribution in [0.25, 0.3) is 16.9 Å². The topological polar surface area (TPSA) is 101 Å². The van der Waals surface area contributed by atoms with Gasteiger partial charge in [-0.2, -0.15) is 0 Å². The van der Waals surface area contributed by atoms with Crippen LogP contribution in [0.5, 0.6) is 0 Å². The molecule has 4 heterocycles. The third-order valence-corrected chi connectivity index (χ3v) is 6.09. The molecular formula is C26H28FN7O2. The van der Waals surface area contributed by atoms with Crippen molar-refractivity contribution >= 4 is 28.7 Å². The van der Waals surface area contributed by atoms with Crippen molar-refractivity contribution in [2.24, 2.45) is 5.73 Å². The van der Waals surface area contributed by atoms with Gasteiger partial charge in [0, 0.05) is 37.5 Å². The lowest BCUT2D eigenvalue weighted by atomic mass is 10.1. The van der Waals surface area contributed by atoms with Crippen molar-refractivity contribution in [3.63, 3.8) is 0 Å². The van der Waals surface area contributed by atoms with Gasteiger partial charge in [-0.1, -0.05) is 6.07 Å². The summed E-state index contributed by atoms with van der Waals surface area (Å²) in [6, 6.07) is 12.0. The van der Waals surface area contributed by atoms with Gasteiger partial charge in [-0.15, -0.1) is 0 Å². The van der Waals surface area contributed by atoms with E-state index in [9.17, 15) is 9.18 Å². The van der Waals surface area contributed by atoms with Crippen LogP contribution in [-0.2, 0) is 11.3 Å². The first-order chi connectivity index (χ1) is 17.4. The van der Waals surface area contributed by atoms with E-state index in [1.54, 1.807) is 28.9 Å². The molecular weight excluding hydrogens is 461 g/mol. The van der Waals surface area contributed by atoms with E-state index in [0.717, 1.165) is 35.7 Å². The van der Waals surface area contributed by atoms with Crippen LogP contribution in [0.1, 0.15) is 16.1 Å². The predicted octanol–water partition coefficient (Wildman–Crippen LogP) is 3.28. The number of aromatic nitrogens is 3. The van der Waals surface area contributed by atoms with Crippen LogP contribution in [0.15, 0.2) is 54.9 Å². The first-order valence-electron chi connectivity index (χ1n) is 11.7. The zero-order valence-corrected chi connectivity index (χ0v) is 20.2. The molecule has 10 heteroatoms. The zero-order valence-electron chi connectivity index (χ0n) is 20.2. The molecule has 9 nitrogen and oxygen atoms in total. The van der Waals surface area contributed by atoms with E-state index < -0.39 is 5.91 Å². The van der Waals surface area contributed by atoms with Gasteiger partial charge in [-0.05, 0) is 44.4 Å². The second-order valence-electron chi connectivity index (χ2n) is 8.97. The Bertz CT molecular complexity index is 1410. The Balaban J connectivity index is 1.47. The Hall–Kier alpha value is -4.02. The summed E-state index contributed by atoms with van der Waals surface area (Å²) in [4.78, 5) is 25.9. The van der Waals surface area contributed by atoms with Gasteiger partial charge >= 0.3 is 0 Å². The lowest BCUT2D eigenvalue weighted by molar-refractivity contribution is 0.100. The van der Waals surface area contributed by atoms with Gasteiger partial charge in [0.1, 0.15) is 17.3 Å². The molecule has 4 aromatic rings. The van der Waals surface area contributed by atoms with E-state index in [1.165, 1.54) is 12.1 Å². The lowest BCUT2D eigenvalue weighted by Gasteiger charge is -2.31. The van der Waals surface area contributed by atoms with Crippen molar-refractivity contribution in [1.29, 1.82) is 0 Å². The van der Waals surface area contributed by atoms with Crippen LogP contribution in [0.2, 0.25) is 0 Å². The van der Waals surface area contributed by atoms with Crippen molar-refractivity contribution in [2.75, 3.05) is 50.6 Å². The molecule has 0 saturated carbocycles. The Labute approximate surface area is 208 Å². The molecule has 5 rings (SSSR count). The molecule has 1 fully saturated rings. The Morgan fingerprint density at radius 3 is 2.72 bits per heavy atom. The summed E-state index contributed by atoms with van der Waals surface area (Å²) in [5.74, 6) is -0.320. The minimum absolute atomic E-state index is 0.317. The number of amides is 1. The number of imidazole rings is 1. The fourth-order valence-corrected chi connectivity index (χ4v) is 4.40. The quantitative estimate of drug-likeness (QED) is 0.411. The van der Waals surface area contributed by atoms with Crippen molar-refractivity contribution in [2.45, 2.75) is 6.54 Å². The number of halogens is 1. The van der Waals surface area contributed by atoms with Crippen LogP contribution in [0, 0.1) is 5.82 Å². The number of nitrogens with two attached hydrogens (primary N) is 1. The average Bonchev–Trinajstić information content (AvgIpc) is 3.27. The maximum atomic E-state index is 13.6. The summed E-state index contributed by atoms with van der Waals surface area (Å²) in [6.45, 7) is 3.68. The summed E-state index contributed by atoms with van der Waals surface area (Å²) >= 11 is 0. The molecule has 186 valence electrons. The highest BCUT2D eigenvalue weighted by atomic mass is 19.1. The van der Waals surface area contributed by atoms with Gasteiger partial charge in [0.2, 0.25) is 0 Å². The van der Waals surface area contributed by atoms with Crippen LogP contribution in [0.3, 0.4) is 0 Å². The molecule has 36 heavy (non-hydrogen) atoms. The summed E-state index contributed by atoms with van der Waals surface area (Å²) in [5, 5.41) is 3.27. The number of fused-ring (bicyclic) bond motifs is 1. The van der Waals surface area contributed by atoms with E-state index in [2.05, 4.69) is 26.2 Å². The van der Waals surface area contributed by atoms with E-state index in [4.69, 9.17) is 15.5 Å². The Morgan fingerprint density at radius 1 is 1.17 bits per heavy atom. The molecule has 0 aliphatic carbocycles. The molecule has 1 amide bonds. The van der Waals surface area contributed by atoms with Crippen molar-refractivity contribution < 1.29 is 13.9 Å². The average molecular weight is 490 g/mol. The monoisotopic (exact) mass is 489 g/mol. The zero-order chi connectivity index (χ0) is 25.2. The minimum Gasteiger partial charge on any atom is -0.378 e. The molecule has 0 spiro atoms. The normalized spacial score (nSPS) is 13.9. The standard InChI is InChI=1S/C26H28FN7O2/c1-32(2)16-21-22(33-9-11-36-12-10-33)5-6-24(31-21)30-20-4-3-17(13-19(20)26(28)35)23-15-29-25-14-18(27)7-8-34(23)25/h3-8,13-15H,9-12,16H2,1-2H3,(H2,28,35)(H,30,31). The minimum atomic E-state index is -0.572. The number of carbonyl (C=O) groups excluding carboxylic acids is 1. The highest BCUT2D eigenvalue weighted by Gasteiger charge is 2.18. The maximum Gasteiger partial charge on any atom is 0.250 e. The molecule has 0 atom stereocenters. The van der Waals surface area contributed by atoms with Gasteiger partial charge in [0.05, 0.1) is 47.7 Å². The highest BCUT2D eigenvalue weighted by Crippen LogP contribution is 2.29. The SMILES string of the molecule is CN(C)Cc1nc(Nc2ccc(-c3cnc4cc(F)ccn34)cc2C(N)=O)ccc1N1CCOCC1. The van der Waals surface area contributed by atoms with Crippen molar-refractivity contribution in [3.05, 3.63) is 71.9 Å². The van der Waals surface area contributed by atoms with Gasteiger partial charge in [0.25, 0.3) is 5.91 Å². The van der Waals surface area contributed by atoms with Crippen molar-refractivity contribution in [3.8, 4) is 11.3 Å². The number of morpholine rings is 1. The number of carbonyl (C=O) groups is 1. The number of hydrogen-bond acceptors (Lipinski definition) is 7. The molecule has 1 aromatic carbocycles. The number of nitrogens with one attached hydrogen (secondary N) is 1. The Kier molecular flexibility index (Phi) is 6.53. The van der Waals surface area contributed by atoms with E-state index in [0.29, 0.717) is 42.5 Å². The third kappa shape index (κ3) is 4.86. The largest absolute Gasteiger partial charge is 0.378 e. The van der Waals surface area contributed by atoms with Crippen LogP contribution < -0.4 is 16.0 Å². The van der Waals surface area contributed by atoms with Crippen LogP contribution in [-0.4, -0.2) is 65.6 Å². The fourth-order valence-electron chi connectivity index (χ4n) is 4.40. The molecule has 1 aliphatic heterocycles. The molecule has 1 aliphatic rings.